The Morgan fingerprint density at radius 2 is 1.88 bits per heavy atom. The third-order valence-electron chi connectivity index (χ3n) is 4.99. The van der Waals surface area contributed by atoms with Crippen LogP contribution in [-0.4, -0.2) is 33.9 Å². The van der Waals surface area contributed by atoms with Gasteiger partial charge in [-0.1, -0.05) is 6.07 Å². The van der Waals surface area contributed by atoms with Crippen LogP contribution in [0.1, 0.15) is 40.5 Å². The molecule has 134 valence electrons. The number of H-pyrrole nitrogens is 1. The summed E-state index contributed by atoms with van der Waals surface area (Å²) < 4.78 is 26.4. The zero-order chi connectivity index (χ0) is 18.3. The van der Waals surface area contributed by atoms with Gasteiger partial charge in [-0.25, -0.2) is 13.8 Å². The monoisotopic (exact) mass is 355 g/mol. The number of imidazole rings is 1. The molecule has 2 aromatic carbocycles. The highest BCUT2D eigenvalue weighted by Gasteiger charge is 2.26. The van der Waals surface area contributed by atoms with Gasteiger partial charge in [0.2, 0.25) is 0 Å². The zero-order valence-corrected chi connectivity index (χ0v) is 14.4. The second kappa shape index (κ2) is 6.52. The van der Waals surface area contributed by atoms with Crippen molar-refractivity contribution >= 4 is 16.9 Å². The fourth-order valence-corrected chi connectivity index (χ4v) is 3.50. The van der Waals surface area contributed by atoms with Gasteiger partial charge in [-0.3, -0.25) is 4.79 Å². The minimum Gasteiger partial charge on any atom is -0.342 e. The average Bonchev–Trinajstić information content (AvgIpc) is 3.06. The largest absolute Gasteiger partial charge is 0.342 e. The van der Waals surface area contributed by atoms with E-state index in [1.165, 1.54) is 11.6 Å². The Hall–Kier alpha value is -2.76. The number of fused-ring (bicyclic) bond motifs is 1. The van der Waals surface area contributed by atoms with E-state index in [0.717, 1.165) is 41.8 Å². The first-order valence-corrected chi connectivity index (χ1v) is 8.72. The van der Waals surface area contributed by atoms with E-state index in [2.05, 4.69) is 16.0 Å². The predicted octanol–water partition coefficient (Wildman–Crippen LogP) is 4.17. The summed E-state index contributed by atoms with van der Waals surface area (Å²) in [6.45, 7) is 3.18. The van der Waals surface area contributed by atoms with Crippen molar-refractivity contribution in [1.82, 2.24) is 14.9 Å². The number of carbonyl (C=O) groups excluding carboxylic acids is 1. The van der Waals surface area contributed by atoms with Gasteiger partial charge >= 0.3 is 0 Å². The summed E-state index contributed by atoms with van der Waals surface area (Å²) in [5, 5.41) is 0. The second-order valence-corrected chi connectivity index (χ2v) is 6.84. The third kappa shape index (κ3) is 3.07. The van der Waals surface area contributed by atoms with Crippen molar-refractivity contribution < 1.29 is 13.6 Å². The molecule has 0 aliphatic carbocycles. The second-order valence-electron chi connectivity index (χ2n) is 6.84. The zero-order valence-electron chi connectivity index (χ0n) is 14.4. The number of nitrogens with one attached hydrogen (secondary N) is 1. The Labute approximate surface area is 149 Å². The van der Waals surface area contributed by atoms with Crippen LogP contribution in [0.4, 0.5) is 8.78 Å². The van der Waals surface area contributed by atoms with E-state index in [9.17, 15) is 13.6 Å². The maximum atomic E-state index is 13.4. The molecule has 0 atom stereocenters. The van der Waals surface area contributed by atoms with E-state index in [-0.39, 0.29) is 17.4 Å². The highest BCUT2D eigenvalue weighted by atomic mass is 19.2. The minimum atomic E-state index is -0.997. The van der Waals surface area contributed by atoms with Gasteiger partial charge in [0.1, 0.15) is 5.82 Å². The van der Waals surface area contributed by atoms with Crippen LogP contribution in [0.5, 0.6) is 0 Å². The van der Waals surface area contributed by atoms with Gasteiger partial charge in [0.05, 0.1) is 11.0 Å². The summed E-state index contributed by atoms with van der Waals surface area (Å²) in [7, 11) is 0. The molecule has 0 spiro atoms. The van der Waals surface area contributed by atoms with Gasteiger partial charge in [0, 0.05) is 24.6 Å². The van der Waals surface area contributed by atoms with E-state index in [1.807, 2.05) is 19.1 Å². The number of aromatic amines is 1. The molecule has 1 amide bonds. The Kier molecular flexibility index (Phi) is 4.18. The molecule has 0 saturated carbocycles. The Morgan fingerprint density at radius 1 is 1.12 bits per heavy atom. The fraction of sp³-hybridized carbons (Fsp3) is 0.300. The van der Waals surface area contributed by atoms with Crippen LogP contribution in [0, 0.1) is 18.6 Å². The molecule has 6 heteroatoms. The Balaban J connectivity index is 1.46. The number of benzene rings is 2. The number of rotatable bonds is 2. The third-order valence-corrected chi connectivity index (χ3v) is 4.99. The van der Waals surface area contributed by atoms with Crippen molar-refractivity contribution in [2.24, 2.45) is 0 Å². The molecule has 4 rings (SSSR count). The maximum Gasteiger partial charge on any atom is 0.253 e. The number of carbonyl (C=O) groups is 1. The van der Waals surface area contributed by atoms with E-state index in [4.69, 9.17) is 0 Å². The quantitative estimate of drug-likeness (QED) is 0.750. The summed E-state index contributed by atoms with van der Waals surface area (Å²) >= 11 is 0. The van der Waals surface area contributed by atoms with Crippen molar-refractivity contribution in [3.8, 4) is 0 Å². The Morgan fingerprint density at radius 3 is 2.62 bits per heavy atom. The first-order valence-electron chi connectivity index (χ1n) is 8.72. The van der Waals surface area contributed by atoms with Crippen LogP contribution in [0.2, 0.25) is 0 Å². The highest BCUT2D eigenvalue weighted by Crippen LogP contribution is 2.28. The van der Waals surface area contributed by atoms with Crippen molar-refractivity contribution in [2.75, 3.05) is 13.1 Å². The SMILES string of the molecule is Cc1ccc2nc(C3CCN(C(=O)c4ccc(F)c(F)c4)CC3)[nH]c2c1. The molecular weight excluding hydrogens is 336 g/mol. The van der Waals surface area contributed by atoms with Gasteiger partial charge in [-0.15, -0.1) is 0 Å². The molecule has 1 fully saturated rings. The van der Waals surface area contributed by atoms with E-state index in [1.54, 1.807) is 4.90 Å². The van der Waals surface area contributed by atoms with Crippen molar-refractivity contribution in [1.29, 1.82) is 0 Å². The van der Waals surface area contributed by atoms with Gasteiger partial charge < -0.3 is 9.88 Å². The van der Waals surface area contributed by atoms with Crippen LogP contribution in [0.25, 0.3) is 11.0 Å². The standard InChI is InChI=1S/C20H19F2N3O/c1-12-2-5-17-18(10-12)24-19(23-17)13-6-8-25(9-7-13)20(26)14-3-4-15(21)16(22)11-14/h2-5,10-11,13H,6-9H2,1H3,(H,23,24). The lowest BCUT2D eigenvalue weighted by molar-refractivity contribution is 0.0710. The Bertz CT molecular complexity index is 974. The number of hydrogen-bond donors (Lipinski definition) is 1. The fourth-order valence-electron chi connectivity index (χ4n) is 3.50. The molecule has 1 aromatic heterocycles. The molecule has 26 heavy (non-hydrogen) atoms. The molecule has 1 aliphatic heterocycles. The van der Waals surface area contributed by atoms with Crippen LogP contribution in [0.15, 0.2) is 36.4 Å². The molecule has 4 nitrogen and oxygen atoms in total. The first-order chi connectivity index (χ1) is 12.5. The molecule has 0 bridgehead atoms. The summed E-state index contributed by atoms with van der Waals surface area (Å²) in [6.07, 6.45) is 1.57. The van der Waals surface area contributed by atoms with Crippen LogP contribution in [0.3, 0.4) is 0 Å². The predicted molar refractivity (Wildman–Crippen MR) is 95.1 cm³/mol. The number of halogens is 2. The van der Waals surface area contributed by atoms with E-state index >= 15 is 0 Å². The van der Waals surface area contributed by atoms with Crippen LogP contribution < -0.4 is 0 Å². The molecule has 1 saturated heterocycles. The molecule has 0 unspecified atom stereocenters. The van der Waals surface area contributed by atoms with Gasteiger partial charge in [0.25, 0.3) is 5.91 Å². The number of piperidine rings is 1. The average molecular weight is 355 g/mol. The van der Waals surface area contributed by atoms with Crippen molar-refractivity contribution in [3.63, 3.8) is 0 Å². The normalized spacial score (nSPS) is 15.6. The van der Waals surface area contributed by atoms with E-state index < -0.39 is 11.6 Å². The number of aromatic nitrogens is 2. The van der Waals surface area contributed by atoms with Gasteiger partial charge in [-0.2, -0.15) is 0 Å². The lowest BCUT2D eigenvalue weighted by atomic mass is 9.95. The number of hydrogen-bond acceptors (Lipinski definition) is 2. The number of aryl methyl sites for hydroxylation is 1. The molecule has 0 radical (unpaired) electrons. The summed E-state index contributed by atoms with van der Waals surface area (Å²) in [6, 6.07) is 9.40. The van der Waals surface area contributed by atoms with Gasteiger partial charge in [-0.05, 0) is 55.7 Å². The first kappa shape index (κ1) is 16.7. The van der Waals surface area contributed by atoms with Crippen molar-refractivity contribution in [2.45, 2.75) is 25.7 Å². The topological polar surface area (TPSA) is 49.0 Å². The number of amides is 1. The van der Waals surface area contributed by atoms with Gasteiger partial charge in [0.15, 0.2) is 11.6 Å². The number of nitrogens with zero attached hydrogens (tertiary/aromatic N) is 2. The smallest absolute Gasteiger partial charge is 0.253 e. The summed E-state index contributed by atoms with van der Waals surface area (Å²) in [5.41, 5.74) is 3.34. The lowest BCUT2D eigenvalue weighted by Gasteiger charge is -2.31. The summed E-state index contributed by atoms with van der Waals surface area (Å²) in [5.74, 6) is -0.992. The molecule has 3 aromatic rings. The summed E-state index contributed by atoms with van der Waals surface area (Å²) in [4.78, 5) is 22.3. The van der Waals surface area contributed by atoms with Crippen LogP contribution in [-0.2, 0) is 0 Å². The maximum absolute atomic E-state index is 13.4. The molecular formula is C20H19F2N3O. The highest BCUT2D eigenvalue weighted by molar-refractivity contribution is 5.94. The molecule has 1 aliphatic rings. The van der Waals surface area contributed by atoms with Crippen LogP contribution >= 0.6 is 0 Å². The number of likely N-dealkylation sites (tertiary alicyclic amines) is 1. The minimum absolute atomic E-state index is 0.182. The van der Waals surface area contributed by atoms with Crippen molar-refractivity contribution in [3.05, 3.63) is 65.0 Å². The lowest BCUT2D eigenvalue weighted by Crippen LogP contribution is -2.38. The molecule has 1 N–H and O–H groups in total. The van der Waals surface area contributed by atoms with E-state index in [0.29, 0.717) is 13.1 Å². The molecule has 2 heterocycles.